The Kier molecular flexibility index (Phi) is 5.56. The maximum atomic E-state index is 11.9. The topological polar surface area (TPSA) is 92.5 Å². The Labute approximate surface area is 182 Å². The number of nitrogens with zero attached hydrogens (tertiary/aromatic N) is 1. The SMILES string of the molecule is Cc1ccc(Nc2cccc3c2CCN(S(C)(=O)=O)C3)cc1-c1ccc(C(N)=O)cc1. The Balaban J connectivity index is 1.63. The molecule has 1 aliphatic heterocycles. The number of nitrogens with one attached hydrogen (secondary N) is 1. The zero-order valence-corrected chi connectivity index (χ0v) is 18.4. The molecule has 0 saturated heterocycles. The van der Waals surface area contributed by atoms with Crippen molar-refractivity contribution in [3.8, 4) is 11.1 Å². The Morgan fingerprint density at radius 3 is 2.48 bits per heavy atom. The van der Waals surface area contributed by atoms with Gasteiger partial charge in [-0.25, -0.2) is 8.42 Å². The van der Waals surface area contributed by atoms with Crippen LogP contribution in [0.1, 0.15) is 27.0 Å². The first-order chi connectivity index (χ1) is 14.7. The summed E-state index contributed by atoms with van der Waals surface area (Å²) in [5, 5.41) is 3.51. The van der Waals surface area contributed by atoms with Gasteiger partial charge in [0.15, 0.2) is 0 Å². The van der Waals surface area contributed by atoms with Crippen LogP contribution in [-0.4, -0.2) is 31.4 Å². The molecule has 0 unspecified atom stereocenters. The van der Waals surface area contributed by atoms with Gasteiger partial charge < -0.3 is 11.1 Å². The summed E-state index contributed by atoms with van der Waals surface area (Å²) in [7, 11) is -3.21. The van der Waals surface area contributed by atoms with Gasteiger partial charge in [0, 0.05) is 30.0 Å². The minimum atomic E-state index is -3.21. The summed E-state index contributed by atoms with van der Waals surface area (Å²) < 4.78 is 25.4. The Morgan fingerprint density at radius 1 is 1.06 bits per heavy atom. The standard InChI is InChI=1S/C24H25N3O3S/c1-16-6-11-20(14-22(16)17-7-9-18(10-8-17)24(25)28)26-23-5-3-4-19-15-27(31(2,29)30)13-12-21(19)23/h3-11,14,26H,12-13,15H2,1-2H3,(H2,25,28). The van der Waals surface area contributed by atoms with Crippen molar-refractivity contribution in [3.05, 3.63) is 82.9 Å². The summed E-state index contributed by atoms with van der Waals surface area (Å²) in [4.78, 5) is 11.3. The lowest BCUT2D eigenvalue weighted by Crippen LogP contribution is -2.35. The van der Waals surface area contributed by atoms with Crippen LogP contribution in [0.2, 0.25) is 0 Å². The first-order valence-electron chi connectivity index (χ1n) is 10.1. The fraction of sp³-hybridized carbons (Fsp3) is 0.208. The smallest absolute Gasteiger partial charge is 0.248 e. The number of hydrogen-bond acceptors (Lipinski definition) is 4. The zero-order chi connectivity index (χ0) is 22.2. The highest BCUT2D eigenvalue weighted by atomic mass is 32.2. The Morgan fingerprint density at radius 2 is 1.81 bits per heavy atom. The average molecular weight is 436 g/mol. The van der Waals surface area contributed by atoms with E-state index >= 15 is 0 Å². The summed E-state index contributed by atoms with van der Waals surface area (Å²) in [6.07, 6.45) is 1.92. The molecule has 0 aromatic heterocycles. The van der Waals surface area contributed by atoms with E-state index in [1.165, 1.54) is 10.6 Å². The van der Waals surface area contributed by atoms with E-state index in [4.69, 9.17) is 5.73 Å². The van der Waals surface area contributed by atoms with E-state index in [2.05, 4.69) is 17.4 Å². The molecule has 1 heterocycles. The molecule has 1 aliphatic rings. The normalized spacial score (nSPS) is 14.1. The third kappa shape index (κ3) is 4.47. The number of fused-ring (bicyclic) bond motifs is 1. The van der Waals surface area contributed by atoms with Gasteiger partial charge in [0.05, 0.1) is 6.26 Å². The van der Waals surface area contributed by atoms with E-state index in [9.17, 15) is 13.2 Å². The number of primary amides is 1. The molecule has 3 aromatic rings. The Hall–Kier alpha value is -3.16. The number of carbonyl (C=O) groups excluding carboxylic acids is 1. The highest BCUT2D eigenvalue weighted by Crippen LogP contribution is 2.32. The number of benzene rings is 3. The molecular weight excluding hydrogens is 410 g/mol. The second-order valence-corrected chi connectivity index (χ2v) is 9.87. The molecule has 0 fully saturated rings. The molecule has 3 N–H and O–H groups in total. The van der Waals surface area contributed by atoms with E-state index in [1.54, 1.807) is 12.1 Å². The molecule has 0 spiro atoms. The molecule has 6 nitrogen and oxygen atoms in total. The van der Waals surface area contributed by atoms with Crippen LogP contribution in [0.5, 0.6) is 0 Å². The number of amides is 1. The summed E-state index contributed by atoms with van der Waals surface area (Å²) in [6.45, 7) is 2.93. The fourth-order valence-corrected chi connectivity index (χ4v) is 4.76. The van der Waals surface area contributed by atoms with Gasteiger partial charge >= 0.3 is 0 Å². The van der Waals surface area contributed by atoms with Crippen LogP contribution in [0.4, 0.5) is 11.4 Å². The second-order valence-electron chi connectivity index (χ2n) is 7.89. The lowest BCUT2D eigenvalue weighted by molar-refractivity contribution is 0.100. The third-order valence-electron chi connectivity index (χ3n) is 5.70. The summed E-state index contributed by atoms with van der Waals surface area (Å²) in [6, 6.07) is 19.4. The van der Waals surface area contributed by atoms with Gasteiger partial charge in [-0.1, -0.05) is 30.3 Å². The maximum absolute atomic E-state index is 11.9. The van der Waals surface area contributed by atoms with E-state index in [-0.39, 0.29) is 0 Å². The predicted molar refractivity (Wildman–Crippen MR) is 124 cm³/mol. The van der Waals surface area contributed by atoms with Crippen LogP contribution in [0, 0.1) is 6.92 Å². The first kappa shape index (κ1) is 21.1. The molecule has 4 rings (SSSR count). The van der Waals surface area contributed by atoms with Crippen molar-refractivity contribution in [1.82, 2.24) is 4.31 Å². The number of nitrogens with two attached hydrogens (primary N) is 1. The van der Waals surface area contributed by atoms with Gasteiger partial charge in [-0.3, -0.25) is 4.79 Å². The first-order valence-corrected chi connectivity index (χ1v) is 11.9. The average Bonchev–Trinajstić information content (AvgIpc) is 2.74. The van der Waals surface area contributed by atoms with Crippen molar-refractivity contribution in [2.24, 2.45) is 5.73 Å². The van der Waals surface area contributed by atoms with Crippen LogP contribution in [-0.2, 0) is 23.0 Å². The fourth-order valence-electron chi connectivity index (χ4n) is 3.96. The third-order valence-corrected chi connectivity index (χ3v) is 6.95. The maximum Gasteiger partial charge on any atom is 0.248 e. The van der Waals surface area contributed by atoms with E-state index in [0.29, 0.717) is 25.1 Å². The van der Waals surface area contributed by atoms with Gasteiger partial charge in [-0.05, 0) is 71.5 Å². The van der Waals surface area contributed by atoms with Crippen molar-refractivity contribution in [2.45, 2.75) is 19.9 Å². The number of carbonyl (C=O) groups is 1. The number of sulfonamides is 1. The largest absolute Gasteiger partial charge is 0.366 e. The molecule has 1 amide bonds. The van der Waals surface area contributed by atoms with E-state index in [0.717, 1.165) is 39.2 Å². The highest BCUT2D eigenvalue weighted by molar-refractivity contribution is 7.88. The zero-order valence-electron chi connectivity index (χ0n) is 17.6. The van der Waals surface area contributed by atoms with Crippen LogP contribution < -0.4 is 11.1 Å². The molecule has 7 heteroatoms. The summed E-state index contributed by atoms with van der Waals surface area (Å²) in [5.74, 6) is -0.443. The van der Waals surface area contributed by atoms with Crippen LogP contribution in [0.15, 0.2) is 60.7 Å². The molecule has 160 valence electrons. The number of anilines is 2. The quantitative estimate of drug-likeness (QED) is 0.637. The molecule has 0 atom stereocenters. The van der Waals surface area contributed by atoms with E-state index in [1.807, 2.05) is 43.3 Å². The van der Waals surface area contributed by atoms with Crippen molar-refractivity contribution in [2.75, 3.05) is 18.1 Å². The van der Waals surface area contributed by atoms with Crippen molar-refractivity contribution in [3.63, 3.8) is 0 Å². The van der Waals surface area contributed by atoms with Crippen LogP contribution >= 0.6 is 0 Å². The predicted octanol–water partition coefficient (Wildman–Crippen LogP) is 3.82. The van der Waals surface area contributed by atoms with Gasteiger partial charge in [0.1, 0.15) is 0 Å². The summed E-state index contributed by atoms with van der Waals surface area (Å²) >= 11 is 0. The van der Waals surface area contributed by atoms with Gasteiger partial charge in [-0.15, -0.1) is 0 Å². The lowest BCUT2D eigenvalue weighted by atomic mass is 9.97. The van der Waals surface area contributed by atoms with Crippen molar-refractivity contribution in [1.29, 1.82) is 0 Å². The minimum absolute atomic E-state index is 0.398. The Bertz CT molecular complexity index is 1250. The number of rotatable bonds is 5. The number of aryl methyl sites for hydroxylation is 1. The molecule has 0 saturated carbocycles. The minimum Gasteiger partial charge on any atom is -0.366 e. The van der Waals surface area contributed by atoms with Crippen LogP contribution in [0.25, 0.3) is 11.1 Å². The van der Waals surface area contributed by atoms with Crippen LogP contribution in [0.3, 0.4) is 0 Å². The van der Waals surface area contributed by atoms with Crippen molar-refractivity contribution >= 4 is 27.3 Å². The molecule has 0 bridgehead atoms. The van der Waals surface area contributed by atoms with Gasteiger partial charge in [0.2, 0.25) is 15.9 Å². The van der Waals surface area contributed by atoms with Gasteiger partial charge in [-0.2, -0.15) is 4.31 Å². The lowest BCUT2D eigenvalue weighted by Gasteiger charge is -2.28. The molecule has 0 radical (unpaired) electrons. The molecule has 31 heavy (non-hydrogen) atoms. The molecular formula is C24H25N3O3S. The summed E-state index contributed by atoms with van der Waals surface area (Å²) in [5.41, 5.74) is 13.1. The van der Waals surface area contributed by atoms with E-state index < -0.39 is 15.9 Å². The number of hydrogen-bond donors (Lipinski definition) is 2. The van der Waals surface area contributed by atoms with Gasteiger partial charge in [0.25, 0.3) is 0 Å². The monoisotopic (exact) mass is 435 g/mol. The molecule has 0 aliphatic carbocycles. The highest BCUT2D eigenvalue weighted by Gasteiger charge is 2.24. The molecule has 3 aromatic carbocycles. The second kappa shape index (κ2) is 8.17. The van der Waals surface area contributed by atoms with Crippen molar-refractivity contribution < 1.29 is 13.2 Å².